The highest BCUT2D eigenvalue weighted by molar-refractivity contribution is 7.89. The van der Waals surface area contributed by atoms with Crippen LogP contribution in [0.2, 0.25) is 5.02 Å². The van der Waals surface area contributed by atoms with E-state index in [0.717, 1.165) is 25.7 Å². The number of benzene rings is 1. The first kappa shape index (κ1) is 23.3. The van der Waals surface area contributed by atoms with Crippen LogP contribution in [0.3, 0.4) is 0 Å². The number of sulfonamides is 1. The van der Waals surface area contributed by atoms with Crippen molar-refractivity contribution in [3.05, 3.63) is 50.6 Å². The van der Waals surface area contributed by atoms with E-state index < -0.39 is 32.9 Å². The lowest BCUT2D eigenvalue weighted by Gasteiger charge is -2.20. The molecule has 9 nitrogen and oxygen atoms in total. The van der Waals surface area contributed by atoms with Crippen molar-refractivity contribution < 1.29 is 13.2 Å². The predicted octanol–water partition coefficient (Wildman–Crippen LogP) is 2.02. The maximum atomic E-state index is 13.6. The lowest BCUT2D eigenvalue weighted by Crippen LogP contribution is -2.43. The van der Waals surface area contributed by atoms with Gasteiger partial charge in [0.1, 0.15) is 4.90 Å². The molecule has 1 N–H and O–H groups in total. The van der Waals surface area contributed by atoms with Crippen LogP contribution in [0.25, 0.3) is 10.9 Å². The molecular formula is C23H27ClN4O5S. The molecular weight excluding hydrogens is 480 g/mol. The normalized spacial score (nSPS) is 21.7. The van der Waals surface area contributed by atoms with Crippen molar-refractivity contribution in [2.45, 2.75) is 62.0 Å². The van der Waals surface area contributed by atoms with Crippen molar-refractivity contribution >= 4 is 38.4 Å². The number of halogens is 1. The minimum atomic E-state index is -3.96. The summed E-state index contributed by atoms with van der Waals surface area (Å²) in [5.41, 5.74) is -1.21. The van der Waals surface area contributed by atoms with E-state index in [1.54, 1.807) is 4.90 Å². The zero-order chi connectivity index (χ0) is 24.4. The van der Waals surface area contributed by atoms with Crippen molar-refractivity contribution in [3.8, 4) is 0 Å². The SMILES string of the molecule is C=CC(=O)N1CCC(n2c(=O)c3cc(S(=O)(=O)NC4(C)CC4)c(Cl)cc3n(CC3CC3)c2=O)C1. The number of carbonyl (C=O) groups is 1. The Morgan fingerprint density at radius 2 is 1.97 bits per heavy atom. The monoisotopic (exact) mass is 506 g/mol. The van der Waals surface area contributed by atoms with E-state index >= 15 is 0 Å². The van der Waals surface area contributed by atoms with Crippen LogP contribution in [-0.4, -0.2) is 47.0 Å². The first-order valence-electron chi connectivity index (χ1n) is 11.5. The largest absolute Gasteiger partial charge is 0.337 e. The summed E-state index contributed by atoms with van der Waals surface area (Å²) >= 11 is 6.41. The molecule has 0 radical (unpaired) electrons. The number of hydrogen-bond acceptors (Lipinski definition) is 5. The van der Waals surface area contributed by atoms with Gasteiger partial charge in [0.25, 0.3) is 5.56 Å². The summed E-state index contributed by atoms with van der Waals surface area (Å²) in [6.07, 6.45) is 5.09. The van der Waals surface area contributed by atoms with Gasteiger partial charge in [0.2, 0.25) is 15.9 Å². The summed E-state index contributed by atoms with van der Waals surface area (Å²) < 4.78 is 31.5. The Balaban J connectivity index is 1.68. The van der Waals surface area contributed by atoms with Gasteiger partial charge in [0.05, 0.1) is 22.0 Å². The summed E-state index contributed by atoms with van der Waals surface area (Å²) in [5, 5.41) is 0.0911. The average Bonchev–Trinajstić information content (AvgIpc) is 3.69. The number of amides is 1. The molecule has 3 aliphatic rings. The lowest BCUT2D eigenvalue weighted by atomic mass is 10.2. The van der Waals surface area contributed by atoms with E-state index in [1.165, 1.54) is 27.3 Å². The Labute approximate surface area is 202 Å². The van der Waals surface area contributed by atoms with Gasteiger partial charge >= 0.3 is 5.69 Å². The van der Waals surface area contributed by atoms with Crippen LogP contribution in [-0.2, 0) is 21.4 Å². The summed E-state index contributed by atoms with van der Waals surface area (Å²) in [4.78, 5) is 40.5. The van der Waals surface area contributed by atoms with Crippen molar-refractivity contribution in [1.29, 1.82) is 0 Å². The van der Waals surface area contributed by atoms with Crippen LogP contribution >= 0.6 is 11.6 Å². The number of aromatic nitrogens is 2. The highest BCUT2D eigenvalue weighted by atomic mass is 35.5. The van der Waals surface area contributed by atoms with Crippen LogP contribution in [0.4, 0.5) is 0 Å². The van der Waals surface area contributed by atoms with E-state index in [-0.39, 0.29) is 27.8 Å². The van der Waals surface area contributed by atoms with E-state index in [9.17, 15) is 22.8 Å². The molecule has 1 aromatic heterocycles. The zero-order valence-corrected chi connectivity index (χ0v) is 20.5. The van der Waals surface area contributed by atoms with Crippen LogP contribution in [0, 0.1) is 5.92 Å². The predicted molar refractivity (Wildman–Crippen MR) is 129 cm³/mol. The molecule has 2 heterocycles. The van der Waals surface area contributed by atoms with Gasteiger partial charge < -0.3 is 4.90 Å². The molecule has 11 heteroatoms. The van der Waals surface area contributed by atoms with Crippen molar-refractivity contribution in [2.24, 2.45) is 5.92 Å². The number of fused-ring (bicyclic) bond motifs is 1. The molecule has 3 fully saturated rings. The summed E-state index contributed by atoms with van der Waals surface area (Å²) in [6, 6.07) is 2.20. The van der Waals surface area contributed by atoms with Crippen molar-refractivity contribution in [2.75, 3.05) is 13.1 Å². The van der Waals surface area contributed by atoms with Crippen molar-refractivity contribution in [3.63, 3.8) is 0 Å². The summed E-state index contributed by atoms with van der Waals surface area (Å²) in [6.45, 7) is 6.37. The molecule has 182 valence electrons. The number of rotatable bonds is 7. The van der Waals surface area contributed by atoms with Gasteiger partial charge in [-0.2, -0.15) is 0 Å². The van der Waals surface area contributed by atoms with E-state index in [2.05, 4.69) is 11.3 Å². The van der Waals surface area contributed by atoms with Crippen molar-refractivity contribution in [1.82, 2.24) is 18.8 Å². The lowest BCUT2D eigenvalue weighted by molar-refractivity contribution is -0.125. The number of hydrogen-bond donors (Lipinski definition) is 1. The fourth-order valence-electron chi connectivity index (χ4n) is 4.60. The summed E-state index contributed by atoms with van der Waals surface area (Å²) in [5.74, 6) is 0.0717. The second-order valence-electron chi connectivity index (χ2n) is 9.91. The molecule has 0 bridgehead atoms. The Morgan fingerprint density at radius 3 is 2.59 bits per heavy atom. The van der Waals surface area contributed by atoms with E-state index in [1.807, 2.05) is 6.92 Å². The summed E-state index contributed by atoms with van der Waals surface area (Å²) in [7, 11) is -3.96. The van der Waals surface area contributed by atoms with Crippen LogP contribution in [0.5, 0.6) is 0 Å². The molecule has 2 aliphatic carbocycles. The van der Waals surface area contributed by atoms with Crippen LogP contribution in [0.1, 0.15) is 45.1 Å². The van der Waals surface area contributed by atoms with Gasteiger partial charge in [0.15, 0.2) is 0 Å². The molecule has 2 saturated carbocycles. The van der Waals surface area contributed by atoms with Gasteiger partial charge in [-0.1, -0.05) is 18.2 Å². The van der Waals surface area contributed by atoms with Crippen LogP contribution < -0.4 is 16.0 Å². The quantitative estimate of drug-likeness (QED) is 0.577. The van der Waals surface area contributed by atoms with Gasteiger partial charge in [-0.05, 0) is 63.2 Å². The molecule has 1 saturated heterocycles. The third kappa shape index (κ3) is 4.12. The molecule has 34 heavy (non-hydrogen) atoms. The standard InChI is InChI=1S/C23H27ClN4O5S/c1-3-20(29)26-9-6-15(13-26)28-21(30)16-10-19(34(32,33)25-23(2)7-8-23)17(24)11-18(16)27(22(28)31)12-14-4-5-14/h3,10-11,14-15,25H,1,4-9,12-13H2,2H3. The fraction of sp³-hybridized carbons (Fsp3) is 0.522. The molecule has 1 atom stereocenters. The Hall–Kier alpha value is -2.43. The molecule has 1 amide bonds. The minimum absolute atomic E-state index is 0.0334. The first-order valence-corrected chi connectivity index (χ1v) is 13.3. The molecule has 1 unspecified atom stereocenters. The number of carbonyl (C=O) groups excluding carboxylic acids is 1. The Bertz CT molecular complexity index is 1440. The van der Waals surface area contributed by atoms with E-state index in [0.29, 0.717) is 30.9 Å². The van der Waals surface area contributed by atoms with Gasteiger partial charge in [-0.15, -0.1) is 0 Å². The number of likely N-dealkylation sites (tertiary alicyclic amines) is 1. The number of nitrogens with zero attached hydrogens (tertiary/aromatic N) is 3. The maximum Gasteiger partial charge on any atom is 0.331 e. The highest BCUT2D eigenvalue weighted by Gasteiger charge is 2.42. The molecule has 1 aromatic carbocycles. The van der Waals surface area contributed by atoms with E-state index in [4.69, 9.17) is 11.6 Å². The Morgan fingerprint density at radius 1 is 1.26 bits per heavy atom. The van der Waals surface area contributed by atoms with Crippen LogP contribution in [0.15, 0.2) is 39.3 Å². The fourth-order valence-corrected chi connectivity index (χ4v) is 6.62. The first-order chi connectivity index (χ1) is 16.0. The minimum Gasteiger partial charge on any atom is -0.337 e. The van der Waals surface area contributed by atoms with Gasteiger partial charge in [-0.25, -0.2) is 17.9 Å². The highest BCUT2D eigenvalue weighted by Crippen LogP contribution is 2.37. The molecule has 0 spiro atoms. The molecule has 1 aliphatic heterocycles. The maximum absolute atomic E-state index is 13.6. The smallest absolute Gasteiger partial charge is 0.331 e. The second-order valence-corrected chi connectivity index (χ2v) is 12.0. The third-order valence-corrected chi connectivity index (χ3v) is 9.15. The topological polar surface area (TPSA) is 110 Å². The second kappa shape index (κ2) is 8.07. The van der Waals surface area contributed by atoms with Gasteiger partial charge in [0, 0.05) is 25.2 Å². The Kier molecular flexibility index (Phi) is 5.53. The molecule has 5 rings (SSSR count). The number of nitrogens with one attached hydrogen (secondary N) is 1. The van der Waals surface area contributed by atoms with Gasteiger partial charge in [-0.3, -0.25) is 18.7 Å². The molecule has 2 aromatic rings. The zero-order valence-electron chi connectivity index (χ0n) is 18.9. The average molecular weight is 507 g/mol. The third-order valence-electron chi connectivity index (χ3n) is 7.05.